The minimum Gasteiger partial charge on any atom is -0.369 e. The van der Waals surface area contributed by atoms with Gasteiger partial charge in [-0.1, -0.05) is 0 Å². The van der Waals surface area contributed by atoms with Crippen molar-refractivity contribution >= 4 is 27.3 Å². The average molecular weight is 406 g/mol. The number of nitro groups is 1. The van der Waals surface area contributed by atoms with Crippen molar-refractivity contribution in [3.8, 4) is 0 Å². The van der Waals surface area contributed by atoms with E-state index in [0.29, 0.717) is 18.2 Å². The van der Waals surface area contributed by atoms with Crippen LogP contribution in [-0.4, -0.2) is 49.5 Å². The van der Waals surface area contributed by atoms with Crippen LogP contribution < -0.4 is 14.9 Å². The number of non-ortho nitro benzene ring substituents is 1. The van der Waals surface area contributed by atoms with E-state index >= 15 is 0 Å². The van der Waals surface area contributed by atoms with Gasteiger partial charge in [-0.05, 0) is 31.9 Å². The van der Waals surface area contributed by atoms with Crippen LogP contribution in [0.3, 0.4) is 0 Å². The molecule has 1 aliphatic rings. The first-order valence-corrected chi connectivity index (χ1v) is 10.4. The molecule has 0 unspecified atom stereocenters. The third kappa shape index (κ3) is 4.93. The first kappa shape index (κ1) is 20.0. The molecular formula is C17H22N6O4S. The van der Waals surface area contributed by atoms with Gasteiger partial charge in [0.15, 0.2) is 0 Å². The van der Waals surface area contributed by atoms with Gasteiger partial charge in [0, 0.05) is 44.4 Å². The number of hydrogen-bond donors (Lipinski definition) is 2. The van der Waals surface area contributed by atoms with Gasteiger partial charge in [0.05, 0.1) is 9.82 Å². The highest BCUT2D eigenvalue weighted by molar-refractivity contribution is 7.89. The molecule has 1 fully saturated rings. The van der Waals surface area contributed by atoms with E-state index in [9.17, 15) is 18.5 Å². The fraction of sp³-hybridized carbons (Fsp3) is 0.412. The molecule has 10 nitrogen and oxygen atoms in total. The number of aromatic nitrogens is 2. The highest BCUT2D eigenvalue weighted by Gasteiger charge is 2.16. The van der Waals surface area contributed by atoms with Crippen LogP contribution >= 0.6 is 0 Å². The van der Waals surface area contributed by atoms with E-state index < -0.39 is 14.9 Å². The van der Waals surface area contributed by atoms with E-state index in [1.807, 2.05) is 13.0 Å². The molecule has 3 rings (SSSR count). The van der Waals surface area contributed by atoms with Crippen LogP contribution in [0.5, 0.6) is 0 Å². The zero-order valence-electron chi connectivity index (χ0n) is 15.5. The Labute approximate surface area is 163 Å². The fourth-order valence-electron chi connectivity index (χ4n) is 2.96. The summed E-state index contributed by atoms with van der Waals surface area (Å²) in [6.45, 7) is 4.25. The number of hydrogen-bond acceptors (Lipinski definition) is 8. The summed E-state index contributed by atoms with van der Waals surface area (Å²) in [6, 6.07) is 6.61. The van der Waals surface area contributed by atoms with E-state index in [4.69, 9.17) is 0 Å². The Balaban J connectivity index is 1.55. The molecule has 11 heteroatoms. The molecule has 1 aromatic heterocycles. The number of nitrogens with one attached hydrogen (secondary N) is 2. The molecule has 2 heterocycles. The van der Waals surface area contributed by atoms with Gasteiger partial charge >= 0.3 is 0 Å². The molecule has 1 aromatic carbocycles. The van der Waals surface area contributed by atoms with Gasteiger partial charge in [0.25, 0.3) is 5.69 Å². The smallest absolute Gasteiger partial charge is 0.269 e. The molecule has 28 heavy (non-hydrogen) atoms. The van der Waals surface area contributed by atoms with E-state index in [0.717, 1.165) is 43.9 Å². The third-order valence-electron chi connectivity index (χ3n) is 4.34. The molecule has 0 amide bonds. The summed E-state index contributed by atoms with van der Waals surface area (Å²) in [5.74, 6) is 2.17. The summed E-state index contributed by atoms with van der Waals surface area (Å²) in [5, 5.41) is 13.8. The van der Waals surface area contributed by atoms with Gasteiger partial charge in [-0.2, -0.15) is 0 Å². The lowest BCUT2D eigenvalue weighted by atomic mass is 10.3. The van der Waals surface area contributed by atoms with Crippen LogP contribution in [0.15, 0.2) is 35.2 Å². The molecule has 0 aliphatic carbocycles. The monoisotopic (exact) mass is 406 g/mol. The number of nitrogens with zero attached hydrogens (tertiary/aromatic N) is 4. The minimum atomic E-state index is -3.74. The Morgan fingerprint density at radius 1 is 1.14 bits per heavy atom. The number of anilines is 2. The SMILES string of the molecule is Cc1nc(NCCNS(=O)(=O)c2ccc([N+](=O)[O-])cc2)cc(N2CCCC2)n1. The number of aryl methyl sites for hydroxylation is 1. The van der Waals surface area contributed by atoms with Crippen molar-refractivity contribution in [2.45, 2.75) is 24.7 Å². The van der Waals surface area contributed by atoms with Crippen molar-refractivity contribution in [2.75, 3.05) is 36.4 Å². The quantitative estimate of drug-likeness (QED) is 0.385. The second kappa shape index (κ2) is 8.48. The molecule has 0 atom stereocenters. The van der Waals surface area contributed by atoms with Gasteiger partial charge in [0.2, 0.25) is 10.0 Å². The van der Waals surface area contributed by atoms with Gasteiger partial charge < -0.3 is 10.2 Å². The number of nitro benzene ring substituents is 1. The highest BCUT2D eigenvalue weighted by atomic mass is 32.2. The molecule has 1 aliphatic heterocycles. The van der Waals surface area contributed by atoms with Gasteiger partial charge in [-0.25, -0.2) is 23.1 Å². The van der Waals surface area contributed by atoms with Crippen LogP contribution in [0.1, 0.15) is 18.7 Å². The van der Waals surface area contributed by atoms with E-state index in [-0.39, 0.29) is 17.1 Å². The van der Waals surface area contributed by atoms with Crippen LogP contribution in [-0.2, 0) is 10.0 Å². The summed E-state index contributed by atoms with van der Waals surface area (Å²) in [4.78, 5) is 21.1. The lowest BCUT2D eigenvalue weighted by molar-refractivity contribution is -0.384. The second-order valence-electron chi connectivity index (χ2n) is 6.43. The summed E-state index contributed by atoms with van der Waals surface area (Å²) in [6.07, 6.45) is 2.30. The predicted molar refractivity (Wildman–Crippen MR) is 105 cm³/mol. The fourth-order valence-corrected chi connectivity index (χ4v) is 3.99. The number of rotatable bonds is 8. The molecule has 0 saturated carbocycles. The van der Waals surface area contributed by atoms with Crippen LogP contribution in [0.4, 0.5) is 17.3 Å². The normalized spacial score (nSPS) is 14.2. The van der Waals surface area contributed by atoms with Crippen molar-refractivity contribution in [1.29, 1.82) is 0 Å². The first-order valence-electron chi connectivity index (χ1n) is 8.94. The Bertz CT molecular complexity index is 943. The minimum absolute atomic E-state index is 0.0210. The summed E-state index contributed by atoms with van der Waals surface area (Å²) >= 11 is 0. The third-order valence-corrected chi connectivity index (χ3v) is 5.81. The molecule has 0 radical (unpaired) electrons. The Morgan fingerprint density at radius 2 is 1.82 bits per heavy atom. The van der Waals surface area contributed by atoms with Gasteiger partial charge in [-0.3, -0.25) is 10.1 Å². The van der Waals surface area contributed by atoms with E-state index in [2.05, 4.69) is 24.9 Å². The molecular weight excluding hydrogens is 384 g/mol. The van der Waals surface area contributed by atoms with Crippen molar-refractivity contribution < 1.29 is 13.3 Å². The second-order valence-corrected chi connectivity index (χ2v) is 8.20. The largest absolute Gasteiger partial charge is 0.369 e. The van der Waals surface area contributed by atoms with Crippen molar-refractivity contribution in [3.63, 3.8) is 0 Å². The molecule has 2 aromatic rings. The topological polar surface area (TPSA) is 130 Å². The maximum atomic E-state index is 12.3. The standard InChI is InChI=1S/C17H22N6O4S/c1-13-20-16(12-17(21-13)22-10-2-3-11-22)18-8-9-19-28(26,27)15-6-4-14(5-7-15)23(24)25/h4-7,12,19H,2-3,8-11H2,1H3,(H,18,20,21). The van der Waals surface area contributed by atoms with Crippen LogP contribution in [0, 0.1) is 17.0 Å². The van der Waals surface area contributed by atoms with Crippen molar-refractivity contribution in [1.82, 2.24) is 14.7 Å². The molecule has 0 spiro atoms. The highest BCUT2D eigenvalue weighted by Crippen LogP contribution is 2.20. The van der Waals surface area contributed by atoms with Gasteiger partial charge in [0.1, 0.15) is 17.5 Å². The zero-order chi connectivity index (χ0) is 20.1. The van der Waals surface area contributed by atoms with Crippen molar-refractivity contribution in [2.24, 2.45) is 0 Å². The Kier molecular flexibility index (Phi) is 6.05. The van der Waals surface area contributed by atoms with Crippen LogP contribution in [0.2, 0.25) is 0 Å². The maximum absolute atomic E-state index is 12.3. The maximum Gasteiger partial charge on any atom is 0.269 e. The molecule has 2 N–H and O–H groups in total. The molecule has 150 valence electrons. The molecule has 1 saturated heterocycles. The van der Waals surface area contributed by atoms with E-state index in [1.165, 1.54) is 12.1 Å². The lowest BCUT2D eigenvalue weighted by Gasteiger charge is -2.17. The Morgan fingerprint density at radius 3 is 2.46 bits per heavy atom. The Hall–Kier alpha value is -2.79. The molecule has 0 bridgehead atoms. The summed E-state index contributed by atoms with van der Waals surface area (Å²) in [7, 11) is -3.74. The average Bonchev–Trinajstić information content (AvgIpc) is 3.20. The van der Waals surface area contributed by atoms with Crippen LogP contribution in [0.25, 0.3) is 0 Å². The first-order chi connectivity index (χ1) is 13.3. The summed E-state index contributed by atoms with van der Waals surface area (Å²) < 4.78 is 27.0. The van der Waals surface area contributed by atoms with E-state index in [1.54, 1.807) is 0 Å². The van der Waals surface area contributed by atoms with Crippen molar-refractivity contribution in [3.05, 3.63) is 46.3 Å². The lowest BCUT2D eigenvalue weighted by Crippen LogP contribution is -2.29. The number of sulfonamides is 1. The van der Waals surface area contributed by atoms with Gasteiger partial charge in [-0.15, -0.1) is 0 Å². The number of benzene rings is 1. The predicted octanol–water partition coefficient (Wildman–Crippen LogP) is 1.68. The summed E-state index contributed by atoms with van der Waals surface area (Å²) in [5.41, 5.74) is -0.159. The zero-order valence-corrected chi connectivity index (χ0v) is 16.3.